The molecular weight excluding hydrogens is 308 g/mol. The molecule has 3 heterocycles. The van der Waals surface area contributed by atoms with Crippen molar-refractivity contribution in [3.05, 3.63) is 36.6 Å². The molecule has 0 aliphatic carbocycles. The minimum absolute atomic E-state index is 0.104. The highest BCUT2D eigenvalue weighted by atomic mass is 16.5. The van der Waals surface area contributed by atoms with Gasteiger partial charge >= 0.3 is 0 Å². The summed E-state index contributed by atoms with van der Waals surface area (Å²) >= 11 is 0. The molecule has 3 N–H and O–H groups in total. The number of anilines is 1. The predicted molar refractivity (Wildman–Crippen MR) is 89.6 cm³/mol. The van der Waals surface area contributed by atoms with E-state index in [2.05, 4.69) is 20.6 Å². The molecule has 1 amide bonds. The van der Waals surface area contributed by atoms with E-state index < -0.39 is 0 Å². The van der Waals surface area contributed by atoms with Crippen LogP contribution in [0.1, 0.15) is 6.92 Å². The average Bonchev–Trinajstić information content (AvgIpc) is 3.24. The molecule has 24 heavy (non-hydrogen) atoms. The third-order valence-corrected chi connectivity index (χ3v) is 4.10. The van der Waals surface area contributed by atoms with Crippen molar-refractivity contribution < 1.29 is 13.9 Å². The Labute approximate surface area is 138 Å². The Balaban J connectivity index is 1.55. The van der Waals surface area contributed by atoms with Crippen molar-refractivity contribution in [1.29, 1.82) is 0 Å². The van der Waals surface area contributed by atoms with E-state index in [-0.39, 0.29) is 18.1 Å². The maximum Gasteiger partial charge on any atom is 0.244 e. The van der Waals surface area contributed by atoms with Crippen molar-refractivity contribution in [3.63, 3.8) is 0 Å². The molecule has 3 aromatic rings. The molecule has 2 aromatic heterocycles. The van der Waals surface area contributed by atoms with Crippen molar-refractivity contribution >= 4 is 22.6 Å². The maximum absolute atomic E-state index is 12.4. The number of ether oxygens (including phenoxy) is 1. The molecule has 1 saturated heterocycles. The number of nitrogens with zero attached hydrogens (tertiary/aromatic N) is 1. The molecule has 0 unspecified atom stereocenters. The average molecular weight is 326 g/mol. The normalized spacial score (nSPS) is 21.0. The SMILES string of the molecule is C[C@H]1OCCN[C@@H]1C(=O)Nc1ccc2nc(-c3ccco3)[nH]c2c1. The van der Waals surface area contributed by atoms with Crippen LogP contribution in [0.5, 0.6) is 0 Å². The summed E-state index contributed by atoms with van der Waals surface area (Å²) in [5.74, 6) is 1.23. The van der Waals surface area contributed by atoms with Crippen LogP contribution in [0.25, 0.3) is 22.6 Å². The molecule has 0 spiro atoms. The Morgan fingerprint density at radius 2 is 2.29 bits per heavy atom. The molecule has 7 heteroatoms. The molecule has 1 aliphatic rings. The van der Waals surface area contributed by atoms with Crippen LogP contribution in [0.3, 0.4) is 0 Å². The number of furan rings is 1. The number of rotatable bonds is 3. The van der Waals surface area contributed by atoms with Crippen molar-refractivity contribution in [2.75, 3.05) is 18.5 Å². The number of amides is 1. The first kappa shape index (κ1) is 14.9. The predicted octanol–water partition coefficient (Wildman–Crippen LogP) is 2.14. The number of morpholine rings is 1. The minimum atomic E-state index is -0.352. The summed E-state index contributed by atoms with van der Waals surface area (Å²) in [7, 11) is 0. The second kappa shape index (κ2) is 6.10. The first-order valence-electron chi connectivity index (χ1n) is 7.90. The summed E-state index contributed by atoms with van der Waals surface area (Å²) in [4.78, 5) is 20.1. The van der Waals surface area contributed by atoms with Gasteiger partial charge in [-0.3, -0.25) is 4.79 Å². The van der Waals surface area contributed by atoms with Gasteiger partial charge in [-0.1, -0.05) is 0 Å². The fourth-order valence-electron chi connectivity index (χ4n) is 2.86. The molecule has 1 fully saturated rings. The van der Waals surface area contributed by atoms with Gasteiger partial charge in [0, 0.05) is 12.2 Å². The van der Waals surface area contributed by atoms with Crippen LogP contribution in [0, 0.1) is 0 Å². The zero-order chi connectivity index (χ0) is 16.5. The van der Waals surface area contributed by atoms with Crippen LogP contribution in [0.15, 0.2) is 41.0 Å². The van der Waals surface area contributed by atoms with Gasteiger partial charge in [0.15, 0.2) is 11.6 Å². The Morgan fingerprint density at radius 3 is 3.08 bits per heavy atom. The van der Waals surface area contributed by atoms with Crippen LogP contribution in [0.2, 0.25) is 0 Å². The number of carbonyl (C=O) groups excluding carboxylic acids is 1. The van der Waals surface area contributed by atoms with E-state index in [9.17, 15) is 4.79 Å². The number of benzene rings is 1. The number of nitrogens with one attached hydrogen (secondary N) is 3. The number of hydrogen-bond donors (Lipinski definition) is 3. The zero-order valence-corrected chi connectivity index (χ0v) is 13.2. The van der Waals surface area contributed by atoms with Crippen LogP contribution < -0.4 is 10.6 Å². The molecule has 0 radical (unpaired) electrons. The highest BCUT2D eigenvalue weighted by Gasteiger charge is 2.28. The smallest absolute Gasteiger partial charge is 0.244 e. The van der Waals surface area contributed by atoms with Crippen molar-refractivity contribution in [1.82, 2.24) is 15.3 Å². The molecule has 124 valence electrons. The van der Waals surface area contributed by atoms with E-state index >= 15 is 0 Å². The lowest BCUT2D eigenvalue weighted by molar-refractivity contribution is -0.123. The van der Waals surface area contributed by atoms with E-state index in [4.69, 9.17) is 9.15 Å². The van der Waals surface area contributed by atoms with Gasteiger partial charge in [0.25, 0.3) is 0 Å². The largest absolute Gasteiger partial charge is 0.461 e. The molecule has 2 atom stereocenters. The van der Waals surface area contributed by atoms with E-state index in [1.165, 1.54) is 0 Å². The monoisotopic (exact) mass is 326 g/mol. The van der Waals surface area contributed by atoms with Gasteiger partial charge in [-0.2, -0.15) is 0 Å². The Bertz CT molecular complexity index is 856. The molecule has 4 rings (SSSR count). The summed E-state index contributed by atoms with van der Waals surface area (Å²) in [6.45, 7) is 3.19. The van der Waals surface area contributed by atoms with Gasteiger partial charge in [0.1, 0.15) is 6.04 Å². The van der Waals surface area contributed by atoms with E-state index in [0.29, 0.717) is 30.4 Å². The minimum Gasteiger partial charge on any atom is -0.461 e. The zero-order valence-electron chi connectivity index (χ0n) is 13.2. The Kier molecular flexibility index (Phi) is 3.79. The summed E-state index contributed by atoms with van der Waals surface area (Å²) in [5, 5.41) is 6.10. The van der Waals surface area contributed by atoms with Crippen LogP contribution in [0.4, 0.5) is 5.69 Å². The molecule has 0 bridgehead atoms. The number of imidazole rings is 1. The van der Waals surface area contributed by atoms with Crippen LogP contribution >= 0.6 is 0 Å². The standard InChI is InChI=1S/C17H18N4O3/c1-10-15(18-6-8-23-10)17(22)19-11-4-5-12-13(9-11)21-16(20-12)14-3-2-7-24-14/h2-5,7,9-10,15,18H,6,8H2,1H3,(H,19,22)(H,20,21)/t10-,15+/m1/s1. The third kappa shape index (κ3) is 2.79. The number of aromatic amines is 1. The van der Waals surface area contributed by atoms with E-state index in [1.807, 2.05) is 37.3 Å². The summed E-state index contributed by atoms with van der Waals surface area (Å²) < 4.78 is 10.9. The fraction of sp³-hybridized carbons (Fsp3) is 0.294. The van der Waals surface area contributed by atoms with Gasteiger partial charge in [0.05, 0.1) is 30.0 Å². The van der Waals surface area contributed by atoms with Crippen LogP contribution in [-0.4, -0.2) is 41.2 Å². The Morgan fingerprint density at radius 1 is 1.38 bits per heavy atom. The van der Waals surface area contributed by atoms with Gasteiger partial charge < -0.3 is 24.8 Å². The topological polar surface area (TPSA) is 92.2 Å². The number of carbonyl (C=O) groups is 1. The maximum atomic E-state index is 12.4. The van der Waals surface area contributed by atoms with Crippen LogP contribution in [-0.2, 0) is 9.53 Å². The molecule has 1 aromatic carbocycles. The van der Waals surface area contributed by atoms with Gasteiger partial charge in [0.2, 0.25) is 5.91 Å². The van der Waals surface area contributed by atoms with Crippen molar-refractivity contribution in [2.45, 2.75) is 19.1 Å². The fourth-order valence-corrected chi connectivity index (χ4v) is 2.86. The molecular formula is C17H18N4O3. The van der Waals surface area contributed by atoms with E-state index in [1.54, 1.807) is 6.26 Å². The van der Waals surface area contributed by atoms with Crippen molar-refractivity contribution in [3.8, 4) is 11.6 Å². The third-order valence-electron chi connectivity index (χ3n) is 4.10. The quantitative estimate of drug-likeness (QED) is 0.686. The molecule has 1 aliphatic heterocycles. The molecule has 7 nitrogen and oxygen atoms in total. The van der Waals surface area contributed by atoms with Crippen molar-refractivity contribution in [2.24, 2.45) is 0 Å². The second-order valence-electron chi connectivity index (χ2n) is 5.79. The summed E-state index contributed by atoms with van der Waals surface area (Å²) in [6, 6.07) is 8.87. The first-order valence-corrected chi connectivity index (χ1v) is 7.90. The number of H-pyrrole nitrogens is 1. The van der Waals surface area contributed by atoms with Gasteiger partial charge in [-0.15, -0.1) is 0 Å². The number of aromatic nitrogens is 2. The summed E-state index contributed by atoms with van der Waals surface area (Å²) in [5.41, 5.74) is 2.36. The van der Waals surface area contributed by atoms with Gasteiger partial charge in [-0.25, -0.2) is 4.98 Å². The highest BCUT2D eigenvalue weighted by molar-refractivity contribution is 5.97. The van der Waals surface area contributed by atoms with E-state index in [0.717, 1.165) is 11.0 Å². The Hall–Kier alpha value is -2.64. The molecule has 0 saturated carbocycles. The number of hydrogen-bond acceptors (Lipinski definition) is 5. The number of fused-ring (bicyclic) bond motifs is 1. The summed E-state index contributed by atoms with van der Waals surface area (Å²) in [6.07, 6.45) is 1.45. The van der Waals surface area contributed by atoms with Gasteiger partial charge in [-0.05, 0) is 37.3 Å². The highest BCUT2D eigenvalue weighted by Crippen LogP contribution is 2.23. The lowest BCUT2D eigenvalue weighted by Gasteiger charge is -2.29. The second-order valence-corrected chi connectivity index (χ2v) is 5.79. The first-order chi connectivity index (χ1) is 11.7. The lowest BCUT2D eigenvalue weighted by atomic mass is 10.1. The lowest BCUT2D eigenvalue weighted by Crippen LogP contribution is -2.53.